The number of unbranched alkanes of at least 4 members (excludes halogenated alkanes) is 17. The number of carbonyl (C=O) groups is 1. The van der Waals surface area contributed by atoms with Gasteiger partial charge in [-0.25, -0.2) is 4.79 Å². The highest BCUT2D eigenvalue weighted by Gasteiger charge is 1.95. The Balaban J connectivity index is 3.05. The van der Waals surface area contributed by atoms with E-state index in [9.17, 15) is 4.79 Å². The number of methoxy groups -OCH3 is 1. The van der Waals surface area contributed by atoms with Crippen molar-refractivity contribution in [2.45, 2.75) is 122 Å². The first-order valence-corrected chi connectivity index (χ1v) is 11.1. The second-order valence-electron chi connectivity index (χ2n) is 7.37. The van der Waals surface area contributed by atoms with Gasteiger partial charge in [0.25, 0.3) is 0 Å². The van der Waals surface area contributed by atoms with Crippen LogP contribution in [0.5, 0.6) is 0 Å². The lowest BCUT2D eigenvalue weighted by atomic mass is 10.0. The molecule has 2 nitrogen and oxygen atoms in total. The molecule has 0 heterocycles. The van der Waals surface area contributed by atoms with Crippen LogP contribution in [-0.2, 0) is 9.53 Å². The Morgan fingerprint density at radius 1 is 0.640 bits per heavy atom. The van der Waals surface area contributed by atoms with Gasteiger partial charge in [0.05, 0.1) is 7.11 Å². The Hall–Kier alpha value is -0.790. The third-order valence-electron chi connectivity index (χ3n) is 4.93. The zero-order chi connectivity index (χ0) is 18.4. The van der Waals surface area contributed by atoms with Crippen molar-refractivity contribution in [3.8, 4) is 0 Å². The van der Waals surface area contributed by atoms with Crippen molar-refractivity contribution in [3.63, 3.8) is 0 Å². The molecule has 0 aromatic heterocycles. The number of hydrogen-bond donors (Lipinski definition) is 0. The summed E-state index contributed by atoms with van der Waals surface area (Å²) in [7, 11) is 1.42. The number of allylic oxidation sites excluding steroid dienone is 1. The van der Waals surface area contributed by atoms with Gasteiger partial charge in [-0.2, -0.15) is 0 Å². The normalized spacial score (nSPS) is 11.3. The van der Waals surface area contributed by atoms with E-state index in [0.29, 0.717) is 0 Å². The van der Waals surface area contributed by atoms with Crippen LogP contribution in [0.25, 0.3) is 0 Å². The Labute approximate surface area is 157 Å². The Morgan fingerprint density at radius 2 is 1.00 bits per heavy atom. The van der Waals surface area contributed by atoms with E-state index >= 15 is 0 Å². The third kappa shape index (κ3) is 21.2. The number of ether oxygens (including phenoxy) is 1. The highest BCUT2D eigenvalue weighted by Crippen LogP contribution is 2.14. The average molecular weight is 353 g/mol. The van der Waals surface area contributed by atoms with Crippen molar-refractivity contribution < 1.29 is 9.53 Å². The fourth-order valence-electron chi connectivity index (χ4n) is 3.23. The van der Waals surface area contributed by atoms with Crippen molar-refractivity contribution in [1.82, 2.24) is 0 Å². The molecular formula is C23H44O2. The third-order valence-corrected chi connectivity index (χ3v) is 4.93. The second kappa shape index (κ2) is 21.3. The molecule has 0 radical (unpaired) electrons. The van der Waals surface area contributed by atoms with E-state index in [1.165, 1.54) is 122 Å². The molecule has 0 atom stereocenters. The van der Waals surface area contributed by atoms with E-state index in [-0.39, 0.29) is 5.97 Å². The summed E-state index contributed by atoms with van der Waals surface area (Å²) in [4.78, 5) is 10.9. The van der Waals surface area contributed by atoms with Crippen LogP contribution in [-0.4, -0.2) is 13.1 Å². The lowest BCUT2D eigenvalue weighted by Gasteiger charge is -2.03. The van der Waals surface area contributed by atoms with Crippen LogP contribution in [0, 0.1) is 0 Å². The second-order valence-corrected chi connectivity index (χ2v) is 7.37. The van der Waals surface area contributed by atoms with Gasteiger partial charge in [-0.3, -0.25) is 0 Å². The predicted octanol–water partition coefficient (Wildman–Crippen LogP) is 7.76. The number of rotatable bonds is 19. The van der Waals surface area contributed by atoms with Gasteiger partial charge >= 0.3 is 5.97 Å². The van der Waals surface area contributed by atoms with E-state index in [4.69, 9.17) is 0 Å². The van der Waals surface area contributed by atoms with Crippen molar-refractivity contribution >= 4 is 5.97 Å². The van der Waals surface area contributed by atoms with Crippen molar-refractivity contribution in [1.29, 1.82) is 0 Å². The monoisotopic (exact) mass is 352 g/mol. The Kier molecular flexibility index (Phi) is 20.6. The molecule has 148 valence electrons. The average Bonchev–Trinajstić information content (AvgIpc) is 2.63. The maximum Gasteiger partial charge on any atom is 0.330 e. The molecule has 0 N–H and O–H groups in total. The molecular weight excluding hydrogens is 308 g/mol. The molecule has 25 heavy (non-hydrogen) atoms. The van der Waals surface area contributed by atoms with Gasteiger partial charge < -0.3 is 4.74 Å². The van der Waals surface area contributed by atoms with Crippen LogP contribution >= 0.6 is 0 Å². The van der Waals surface area contributed by atoms with Crippen molar-refractivity contribution in [3.05, 3.63) is 12.2 Å². The van der Waals surface area contributed by atoms with Gasteiger partial charge in [-0.05, 0) is 12.8 Å². The smallest absolute Gasteiger partial charge is 0.330 e. The van der Waals surface area contributed by atoms with Crippen LogP contribution < -0.4 is 0 Å². The van der Waals surface area contributed by atoms with Gasteiger partial charge in [0.1, 0.15) is 0 Å². The summed E-state index contributed by atoms with van der Waals surface area (Å²) in [6.45, 7) is 2.29. The molecule has 0 aliphatic rings. The minimum Gasteiger partial charge on any atom is -0.466 e. The summed E-state index contributed by atoms with van der Waals surface area (Å²) in [6, 6.07) is 0. The number of hydrogen-bond acceptors (Lipinski definition) is 2. The zero-order valence-electron chi connectivity index (χ0n) is 17.2. The lowest BCUT2D eigenvalue weighted by Crippen LogP contribution is -1.93. The molecule has 0 amide bonds. The summed E-state index contributed by atoms with van der Waals surface area (Å²) >= 11 is 0. The summed E-state index contributed by atoms with van der Waals surface area (Å²) in [5.41, 5.74) is 0. The fraction of sp³-hybridized carbons (Fsp3) is 0.870. The van der Waals surface area contributed by atoms with Crippen molar-refractivity contribution in [2.75, 3.05) is 7.11 Å². The van der Waals surface area contributed by atoms with Crippen molar-refractivity contribution in [2.24, 2.45) is 0 Å². The molecule has 0 aromatic rings. The van der Waals surface area contributed by atoms with Crippen LogP contribution in [0.2, 0.25) is 0 Å². The highest BCUT2D eigenvalue weighted by atomic mass is 16.5. The molecule has 0 saturated heterocycles. The van der Waals surface area contributed by atoms with Gasteiger partial charge in [0.15, 0.2) is 0 Å². The van der Waals surface area contributed by atoms with Gasteiger partial charge in [-0.1, -0.05) is 116 Å². The molecule has 0 rings (SSSR count). The molecule has 0 unspecified atom stereocenters. The van der Waals surface area contributed by atoms with Crippen LogP contribution in [0.15, 0.2) is 12.2 Å². The van der Waals surface area contributed by atoms with Gasteiger partial charge in [0, 0.05) is 6.08 Å². The van der Waals surface area contributed by atoms with Crippen LogP contribution in [0.1, 0.15) is 122 Å². The first-order valence-electron chi connectivity index (χ1n) is 11.1. The minimum atomic E-state index is -0.244. The largest absolute Gasteiger partial charge is 0.466 e. The number of esters is 1. The van der Waals surface area contributed by atoms with Crippen LogP contribution in [0.4, 0.5) is 0 Å². The molecule has 0 bridgehead atoms. The summed E-state index contributed by atoms with van der Waals surface area (Å²) in [6.07, 6.45) is 28.3. The van der Waals surface area contributed by atoms with Crippen LogP contribution in [0.3, 0.4) is 0 Å². The Bertz CT molecular complexity index is 296. The summed E-state index contributed by atoms with van der Waals surface area (Å²) < 4.78 is 4.56. The minimum absolute atomic E-state index is 0.244. The molecule has 0 saturated carbocycles. The topological polar surface area (TPSA) is 26.3 Å². The van der Waals surface area contributed by atoms with E-state index in [2.05, 4.69) is 11.7 Å². The first kappa shape index (κ1) is 24.2. The van der Waals surface area contributed by atoms with Gasteiger partial charge in [0.2, 0.25) is 0 Å². The molecule has 0 aliphatic carbocycles. The van der Waals surface area contributed by atoms with E-state index < -0.39 is 0 Å². The predicted molar refractivity (Wildman–Crippen MR) is 110 cm³/mol. The molecule has 0 aromatic carbocycles. The standard InChI is InChI=1S/C23H44O2/c1-3-4-5-6-7-8-9-10-11-12-13-14-15-16-17-18-19-20-21-22-23(24)25-2/h21-22H,3-20H2,1-2H3/b22-21+. The highest BCUT2D eigenvalue weighted by molar-refractivity contribution is 5.81. The lowest BCUT2D eigenvalue weighted by molar-refractivity contribution is -0.134. The Morgan fingerprint density at radius 3 is 1.36 bits per heavy atom. The first-order chi connectivity index (χ1) is 12.3. The zero-order valence-corrected chi connectivity index (χ0v) is 17.2. The maximum atomic E-state index is 10.9. The molecule has 0 aliphatic heterocycles. The maximum absolute atomic E-state index is 10.9. The summed E-state index contributed by atoms with van der Waals surface area (Å²) in [5.74, 6) is -0.244. The molecule has 2 heteroatoms. The van der Waals surface area contributed by atoms with E-state index in [0.717, 1.165) is 6.42 Å². The quantitative estimate of drug-likeness (QED) is 0.135. The summed E-state index contributed by atoms with van der Waals surface area (Å²) in [5, 5.41) is 0. The van der Waals surface area contributed by atoms with E-state index in [1.807, 2.05) is 6.08 Å². The molecule has 0 fully saturated rings. The SMILES string of the molecule is CCCCCCCCCCCCCCCCCCC/C=C/C(=O)OC. The fourth-order valence-corrected chi connectivity index (χ4v) is 3.23. The molecule has 0 spiro atoms. The van der Waals surface area contributed by atoms with E-state index in [1.54, 1.807) is 0 Å². The van der Waals surface area contributed by atoms with Gasteiger partial charge in [-0.15, -0.1) is 0 Å². The number of carbonyl (C=O) groups excluding carboxylic acids is 1.